The van der Waals surface area contributed by atoms with Crippen LogP contribution in [0.3, 0.4) is 0 Å². The molecule has 92 valence electrons. The van der Waals surface area contributed by atoms with Crippen molar-refractivity contribution in [1.29, 1.82) is 0 Å². The first-order valence-electron chi connectivity index (χ1n) is 6.21. The number of rotatable bonds is 5. The predicted molar refractivity (Wildman–Crippen MR) is 65.2 cm³/mol. The van der Waals surface area contributed by atoms with Gasteiger partial charge in [-0.05, 0) is 18.8 Å². The predicted octanol–water partition coefficient (Wildman–Crippen LogP) is 2.27. The Morgan fingerprint density at radius 2 is 2.06 bits per heavy atom. The molecule has 16 heavy (non-hydrogen) atoms. The van der Waals surface area contributed by atoms with Crippen molar-refractivity contribution in [3.63, 3.8) is 0 Å². The number of esters is 1. The van der Waals surface area contributed by atoms with E-state index in [2.05, 4.69) is 11.9 Å². The molecule has 0 spiro atoms. The molecule has 1 fully saturated rings. The van der Waals surface area contributed by atoms with Crippen LogP contribution >= 0.6 is 0 Å². The monoisotopic (exact) mass is 225 g/mol. The SMILES string of the molecule is C=CCNC(C(=O)OC)C1CCCCCC1. The van der Waals surface area contributed by atoms with Gasteiger partial charge in [-0.2, -0.15) is 0 Å². The normalized spacial score (nSPS) is 19.8. The van der Waals surface area contributed by atoms with E-state index in [-0.39, 0.29) is 12.0 Å². The Kier molecular flexibility index (Phi) is 6.16. The number of hydrogen-bond acceptors (Lipinski definition) is 3. The standard InChI is InChI=1S/C13H23NO2/c1-3-10-14-12(13(15)16-2)11-8-6-4-5-7-9-11/h3,11-12,14H,1,4-10H2,2H3. The Bertz CT molecular complexity index is 220. The summed E-state index contributed by atoms with van der Waals surface area (Å²) in [7, 11) is 1.46. The Balaban J connectivity index is 2.57. The molecular weight excluding hydrogens is 202 g/mol. The fraction of sp³-hybridized carbons (Fsp3) is 0.769. The first-order valence-corrected chi connectivity index (χ1v) is 6.21. The molecule has 0 aromatic carbocycles. The van der Waals surface area contributed by atoms with Gasteiger partial charge in [0.25, 0.3) is 0 Å². The molecule has 1 atom stereocenters. The summed E-state index contributed by atoms with van der Waals surface area (Å²) >= 11 is 0. The molecule has 0 aliphatic heterocycles. The molecule has 3 nitrogen and oxygen atoms in total. The van der Waals surface area contributed by atoms with E-state index < -0.39 is 0 Å². The zero-order chi connectivity index (χ0) is 11.8. The second-order valence-electron chi connectivity index (χ2n) is 4.45. The molecule has 1 rings (SSSR count). The molecule has 0 saturated heterocycles. The average molecular weight is 225 g/mol. The lowest BCUT2D eigenvalue weighted by molar-refractivity contribution is -0.144. The van der Waals surface area contributed by atoms with Gasteiger partial charge in [-0.15, -0.1) is 6.58 Å². The summed E-state index contributed by atoms with van der Waals surface area (Å²) in [4.78, 5) is 11.7. The van der Waals surface area contributed by atoms with Gasteiger partial charge in [0.15, 0.2) is 0 Å². The molecule has 0 heterocycles. The molecule has 0 amide bonds. The quantitative estimate of drug-likeness (QED) is 0.443. The molecule has 0 bridgehead atoms. The Morgan fingerprint density at radius 3 is 2.56 bits per heavy atom. The van der Waals surface area contributed by atoms with Gasteiger partial charge in [0.1, 0.15) is 6.04 Å². The van der Waals surface area contributed by atoms with Crippen LogP contribution in [0.4, 0.5) is 0 Å². The summed E-state index contributed by atoms with van der Waals surface area (Å²) in [6, 6.07) is -0.152. The van der Waals surface area contributed by atoms with Gasteiger partial charge >= 0.3 is 5.97 Å². The second kappa shape index (κ2) is 7.44. The minimum absolute atomic E-state index is 0.131. The highest BCUT2D eigenvalue weighted by Crippen LogP contribution is 2.26. The Hall–Kier alpha value is -0.830. The van der Waals surface area contributed by atoms with Crippen molar-refractivity contribution in [3.8, 4) is 0 Å². The van der Waals surface area contributed by atoms with Crippen molar-refractivity contribution in [2.75, 3.05) is 13.7 Å². The average Bonchev–Trinajstić information content (AvgIpc) is 2.58. The minimum Gasteiger partial charge on any atom is -0.468 e. The lowest BCUT2D eigenvalue weighted by Crippen LogP contribution is -2.43. The zero-order valence-electron chi connectivity index (χ0n) is 10.2. The molecule has 1 saturated carbocycles. The molecule has 1 N–H and O–H groups in total. The van der Waals surface area contributed by atoms with E-state index in [1.807, 2.05) is 0 Å². The molecule has 1 unspecified atom stereocenters. The smallest absolute Gasteiger partial charge is 0.323 e. The van der Waals surface area contributed by atoms with Crippen LogP contribution in [-0.4, -0.2) is 25.7 Å². The van der Waals surface area contributed by atoms with Crippen molar-refractivity contribution in [2.24, 2.45) is 5.92 Å². The van der Waals surface area contributed by atoms with Gasteiger partial charge in [0.2, 0.25) is 0 Å². The molecular formula is C13H23NO2. The summed E-state index contributed by atoms with van der Waals surface area (Å²) < 4.78 is 4.87. The van der Waals surface area contributed by atoms with E-state index in [1.165, 1.54) is 32.8 Å². The Morgan fingerprint density at radius 1 is 1.44 bits per heavy atom. The van der Waals surface area contributed by atoms with Crippen molar-refractivity contribution in [1.82, 2.24) is 5.32 Å². The largest absolute Gasteiger partial charge is 0.468 e. The topological polar surface area (TPSA) is 38.3 Å². The van der Waals surface area contributed by atoms with Crippen molar-refractivity contribution >= 4 is 5.97 Å². The fourth-order valence-electron chi connectivity index (χ4n) is 2.42. The lowest BCUT2D eigenvalue weighted by Gasteiger charge is -2.24. The van der Waals surface area contributed by atoms with Gasteiger partial charge in [-0.3, -0.25) is 4.79 Å². The van der Waals surface area contributed by atoms with E-state index in [0.717, 1.165) is 12.8 Å². The first kappa shape index (κ1) is 13.2. The van der Waals surface area contributed by atoms with Crippen molar-refractivity contribution in [3.05, 3.63) is 12.7 Å². The third-order valence-electron chi connectivity index (χ3n) is 3.31. The van der Waals surface area contributed by atoms with Crippen LogP contribution in [0.25, 0.3) is 0 Å². The summed E-state index contributed by atoms with van der Waals surface area (Å²) in [5, 5.41) is 3.22. The number of methoxy groups -OCH3 is 1. The zero-order valence-corrected chi connectivity index (χ0v) is 10.2. The number of carbonyl (C=O) groups is 1. The fourth-order valence-corrected chi connectivity index (χ4v) is 2.42. The van der Waals surface area contributed by atoms with E-state index in [1.54, 1.807) is 6.08 Å². The second-order valence-corrected chi connectivity index (χ2v) is 4.45. The van der Waals surface area contributed by atoms with Gasteiger partial charge in [-0.1, -0.05) is 31.8 Å². The number of ether oxygens (including phenoxy) is 1. The molecule has 3 heteroatoms. The van der Waals surface area contributed by atoms with E-state index in [4.69, 9.17) is 4.74 Å². The van der Waals surface area contributed by atoms with Crippen LogP contribution in [0, 0.1) is 5.92 Å². The highest BCUT2D eigenvalue weighted by atomic mass is 16.5. The van der Waals surface area contributed by atoms with Gasteiger partial charge in [0, 0.05) is 6.54 Å². The van der Waals surface area contributed by atoms with Crippen LogP contribution in [0.5, 0.6) is 0 Å². The van der Waals surface area contributed by atoms with Crippen LogP contribution in [0.15, 0.2) is 12.7 Å². The minimum atomic E-state index is -0.152. The third kappa shape index (κ3) is 3.97. The number of carbonyl (C=O) groups excluding carboxylic acids is 1. The highest BCUT2D eigenvalue weighted by molar-refractivity contribution is 5.76. The molecule has 0 aromatic heterocycles. The van der Waals surface area contributed by atoms with E-state index >= 15 is 0 Å². The van der Waals surface area contributed by atoms with Crippen molar-refractivity contribution < 1.29 is 9.53 Å². The molecule has 0 radical (unpaired) electrons. The maximum Gasteiger partial charge on any atom is 0.323 e. The number of nitrogens with one attached hydrogen (secondary N) is 1. The molecule has 1 aliphatic carbocycles. The van der Waals surface area contributed by atoms with Gasteiger partial charge in [0.05, 0.1) is 7.11 Å². The van der Waals surface area contributed by atoms with Crippen LogP contribution in [0.2, 0.25) is 0 Å². The van der Waals surface area contributed by atoms with Gasteiger partial charge < -0.3 is 10.1 Å². The summed E-state index contributed by atoms with van der Waals surface area (Å²) in [5.41, 5.74) is 0. The van der Waals surface area contributed by atoms with Crippen LogP contribution in [-0.2, 0) is 9.53 Å². The van der Waals surface area contributed by atoms with Crippen LogP contribution in [0.1, 0.15) is 38.5 Å². The lowest BCUT2D eigenvalue weighted by atomic mass is 9.92. The molecule has 1 aliphatic rings. The maximum atomic E-state index is 11.7. The summed E-state index contributed by atoms with van der Waals surface area (Å²) in [5.74, 6) is 0.295. The maximum absolute atomic E-state index is 11.7. The molecule has 0 aromatic rings. The number of hydrogen-bond donors (Lipinski definition) is 1. The van der Waals surface area contributed by atoms with Crippen LogP contribution < -0.4 is 5.32 Å². The first-order chi connectivity index (χ1) is 7.79. The highest BCUT2D eigenvalue weighted by Gasteiger charge is 2.28. The summed E-state index contributed by atoms with van der Waals surface area (Å²) in [6.07, 6.45) is 9.10. The van der Waals surface area contributed by atoms with Gasteiger partial charge in [-0.25, -0.2) is 0 Å². The van der Waals surface area contributed by atoms with E-state index in [0.29, 0.717) is 12.5 Å². The summed E-state index contributed by atoms with van der Waals surface area (Å²) in [6.45, 7) is 4.33. The Labute approximate surface area is 98.2 Å². The van der Waals surface area contributed by atoms with E-state index in [9.17, 15) is 4.79 Å². The third-order valence-corrected chi connectivity index (χ3v) is 3.31. The van der Waals surface area contributed by atoms with Crippen molar-refractivity contribution in [2.45, 2.75) is 44.6 Å².